The lowest BCUT2D eigenvalue weighted by molar-refractivity contribution is 1.27. The van der Waals surface area contributed by atoms with Gasteiger partial charge in [0.2, 0.25) is 0 Å². The van der Waals surface area contributed by atoms with Gasteiger partial charge in [-0.05, 0) is 46.5 Å². The molecule has 0 spiro atoms. The molecule has 0 aliphatic heterocycles. The number of rotatable bonds is 2. The molecule has 0 radical (unpaired) electrons. The number of hydrogen-bond donors (Lipinski definition) is 0. The maximum atomic E-state index is 7.46. The third kappa shape index (κ3) is 4.64. The molecule has 0 saturated heterocycles. The van der Waals surface area contributed by atoms with Crippen LogP contribution in [0.25, 0.3) is 22.5 Å². The van der Waals surface area contributed by atoms with Crippen LogP contribution in [0.4, 0.5) is 0 Å². The van der Waals surface area contributed by atoms with Crippen molar-refractivity contribution in [1.29, 1.82) is 0 Å². The Bertz CT molecular complexity index is 1050. The maximum Gasteiger partial charge on any atom is 0.0843 e. The summed E-state index contributed by atoms with van der Waals surface area (Å²) >= 11 is 3.47. The molecule has 0 atom stereocenters. The van der Waals surface area contributed by atoms with E-state index in [0.29, 0.717) is 11.3 Å². The average molecular weight is 406 g/mol. The zero-order valence-corrected chi connectivity index (χ0v) is 15.6. The lowest BCUT2D eigenvalue weighted by Gasteiger charge is -2.02. The molecule has 26 heavy (non-hydrogen) atoms. The highest BCUT2D eigenvalue weighted by molar-refractivity contribution is 9.10. The first-order valence-corrected chi connectivity index (χ1v) is 8.93. The lowest BCUT2D eigenvalue weighted by atomic mass is 10.1. The lowest BCUT2D eigenvalue weighted by Crippen LogP contribution is -1.85. The first kappa shape index (κ1) is 14.4. The van der Waals surface area contributed by atoms with Crippen LogP contribution in [0.3, 0.4) is 0 Å². The smallest absolute Gasteiger partial charge is 0.0843 e. The SMILES string of the molecule is Brc1cccnc1-c1ccccc1.[2H]C([2H])([2H])c1cccnc1-c1ccccc1. The molecule has 2 nitrogen and oxygen atoms in total. The third-order valence-corrected chi connectivity index (χ3v) is 4.30. The minimum absolute atomic E-state index is 0.293. The van der Waals surface area contributed by atoms with E-state index in [1.165, 1.54) is 0 Å². The van der Waals surface area contributed by atoms with Crippen LogP contribution in [0, 0.1) is 6.85 Å². The average Bonchev–Trinajstić information content (AvgIpc) is 2.75. The van der Waals surface area contributed by atoms with Crippen molar-refractivity contribution in [2.45, 2.75) is 6.85 Å². The summed E-state index contributed by atoms with van der Waals surface area (Å²) in [5, 5.41) is 0. The van der Waals surface area contributed by atoms with Gasteiger partial charge in [-0.25, -0.2) is 0 Å². The van der Waals surface area contributed by atoms with E-state index in [-0.39, 0.29) is 0 Å². The zero-order valence-electron chi connectivity index (χ0n) is 17.0. The second kappa shape index (κ2) is 9.07. The summed E-state index contributed by atoms with van der Waals surface area (Å²) in [6.07, 6.45) is 3.41. The van der Waals surface area contributed by atoms with Crippen LogP contribution in [0.15, 0.2) is 102 Å². The van der Waals surface area contributed by atoms with Crippen molar-refractivity contribution >= 4 is 15.9 Å². The molecule has 2 heterocycles. The Hall–Kier alpha value is -2.78. The summed E-state index contributed by atoms with van der Waals surface area (Å²) in [4.78, 5) is 8.46. The standard InChI is InChI=1S/C12H11N.C11H8BrN/c1-10-6-5-9-13-12(10)11-7-3-2-4-8-11;12-10-7-4-8-13-11(10)9-5-2-1-3-6-9/h2-9H,1H3;1-8H/i1D3;. The van der Waals surface area contributed by atoms with Gasteiger partial charge < -0.3 is 0 Å². The Morgan fingerprint density at radius 3 is 1.77 bits per heavy atom. The summed E-state index contributed by atoms with van der Waals surface area (Å²) in [5.41, 5.74) is 3.77. The van der Waals surface area contributed by atoms with Crippen molar-refractivity contribution in [2.24, 2.45) is 0 Å². The fraction of sp³-hybridized carbons (Fsp3) is 0.0435. The molecular formula is C23H19BrN2. The van der Waals surface area contributed by atoms with Gasteiger partial charge in [0.25, 0.3) is 0 Å². The van der Waals surface area contributed by atoms with Gasteiger partial charge in [0, 0.05) is 32.1 Å². The van der Waals surface area contributed by atoms with Gasteiger partial charge in [0.1, 0.15) is 0 Å². The first-order chi connectivity index (χ1) is 14.0. The second-order valence-corrected chi connectivity index (χ2v) is 6.32. The summed E-state index contributed by atoms with van der Waals surface area (Å²) in [5.74, 6) is 0. The van der Waals surface area contributed by atoms with E-state index in [1.807, 2.05) is 72.8 Å². The number of aryl methyl sites for hydroxylation is 1. The summed E-state index contributed by atoms with van der Waals surface area (Å²) < 4.78 is 23.4. The Kier molecular flexibility index (Phi) is 5.02. The Morgan fingerprint density at radius 2 is 1.19 bits per heavy atom. The fourth-order valence-electron chi connectivity index (χ4n) is 2.43. The molecule has 3 heteroatoms. The number of aromatic nitrogens is 2. The van der Waals surface area contributed by atoms with E-state index in [1.54, 1.807) is 24.5 Å². The van der Waals surface area contributed by atoms with Gasteiger partial charge in [0.05, 0.1) is 11.4 Å². The van der Waals surface area contributed by atoms with Crippen LogP contribution in [0.1, 0.15) is 9.68 Å². The van der Waals surface area contributed by atoms with Gasteiger partial charge in [-0.1, -0.05) is 66.7 Å². The molecule has 4 aromatic rings. The highest BCUT2D eigenvalue weighted by Gasteiger charge is 2.01. The molecule has 0 saturated carbocycles. The summed E-state index contributed by atoms with van der Waals surface area (Å²) in [6.45, 7) is -2.13. The van der Waals surface area contributed by atoms with E-state index in [2.05, 4.69) is 25.9 Å². The predicted molar refractivity (Wildman–Crippen MR) is 112 cm³/mol. The molecule has 0 aliphatic carbocycles. The van der Waals surface area contributed by atoms with E-state index in [0.717, 1.165) is 21.3 Å². The van der Waals surface area contributed by atoms with Gasteiger partial charge >= 0.3 is 0 Å². The number of hydrogen-bond acceptors (Lipinski definition) is 2. The van der Waals surface area contributed by atoms with Gasteiger partial charge in [0.15, 0.2) is 0 Å². The molecule has 0 fully saturated rings. The number of nitrogens with zero attached hydrogens (tertiary/aromatic N) is 2. The fourth-order valence-corrected chi connectivity index (χ4v) is 2.91. The molecule has 0 unspecified atom stereocenters. The highest BCUT2D eigenvalue weighted by atomic mass is 79.9. The maximum absolute atomic E-state index is 7.46. The van der Waals surface area contributed by atoms with Crippen molar-refractivity contribution in [1.82, 2.24) is 9.97 Å². The molecule has 0 aliphatic rings. The minimum Gasteiger partial charge on any atom is -0.256 e. The van der Waals surface area contributed by atoms with E-state index >= 15 is 0 Å². The Morgan fingerprint density at radius 1 is 0.654 bits per heavy atom. The van der Waals surface area contributed by atoms with Gasteiger partial charge in [-0.3, -0.25) is 9.97 Å². The highest BCUT2D eigenvalue weighted by Crippen LogP contribution is 2.24. The van der Waals surface area contributed by atoms with Crippen LogP contribution >= 0.6 is 15.9 Å². The molecule has 4 rings (SSSR count). The molecule has 128 valence electrons. The number of pyridine rings is 2. The molecule has 0 bridgehead atoms. The normalized spacial score (nSPS) is 12.1. The van der Waals surface area contributed by atoms with Crippen LogP contribution in [-0.4, -0.2) is 9.97 Å². The van der Waals surface area contributed by atoms with Crippen molar-refractivity contribution < 1.29 is 4.11 Å². The quantitative estimate of drug-likeness (QED) is 0.376. The van der Waals surface area contributed by atoms with E-state index in [9.17, 15) is 0 Å². The molecular weight excluding hydrogens is 384 g/mol. The third-order valence-electron chi connectivity index (χ3n) is 3.66. The largest absolute Gasteiger partial charge is 0.256 e. The van der Waals surface area contributed by atoms with Gasteiger partial charge in [-0.15, -0.1) is 0 Å². The Labute approximate surface area is 166 Å². The summed E-state index contributed by atoms with van der Waals surface area (Å²) in [6, 6.07) is 26.6. The molecule has 0 N–H and O–H groups in total. The van der Waals surface area contributed by atoms with Crippen molar-refractivity contribution in [3.8, 4) is 22.5 Å². The van der Waals surface area contributed by atoms with Crippen LogP contribution in [0.5, 0.6) is 0 Å². The molecule has 2 aromatic heterocycles. The van der Waals surface area contributed by atoms with Crippen LogP contribution < -0.4 is 0 Å². The second-order valence-electron chi connectivity index (χ2n) is 5.47. The van der Waals surface area contributed by atoms with E-state index in [4.69, 9.17) is 4.11 Å². The zero-order chi connectivity index (χ0) is 20.7. The van der Waals surface area contributed by atoms with Crippen molar-refractivity contribution in [3.63, 3.8) is 0 Å². The van der Waals surface area contributed by atoms with Crippen LogP contribution in [0.2, 0.25) is 0 Å². The predicted octanol–water partition coefficient (Wildman–Crippen LogP) is 6.57. The Balaban J connectivity index is 0.000000169. The number of halogens is 1. The molecule has 2 aromatic carbocycles. The monoisotopic (exact) mass is 405 g/mol. The van der Waals surface area contributed by atoms with Crippen molar-refractivity contribution in [2.75, 3.05) is 0 Å². The van der Waals surface area contributed by atoms with E-state index < -0.39 is 6.85 Å². The molecule has 0 amide bonds. The summed E-state index contributed by atoms with van der Waals surface area (Å²) in [7, 11) is 0. The van der Waals surface area contributed by atoms with Gasteiger partial charge in [-0.2, -0.15) is 0 Å². The minimum atomic E-state index is -2.13. The van der Waals surface area contributed by atoms with Crippen molar-refractivity contribution in [3.05, 3.63) is 107 Å². The number of benzene rings is 2. The topological polar surface area (TPSA) is 25.8 Å². The first-order valence-electron chi connectivity index (χ1n) is 9.63. The van der Waals surface area contributed by atoms with Crippen LogP contribution in [-0.2, 0) is 0 Å².